The van der Waals surface area contributed by atoms with Crippen LogP contribution in [-0.4, -0.2) is 206 Å². The zero-order valence-corrected chi connectivity index (χ0v) is 66.0. The Morgan fingerprint density at radius 2 is 0.692 bits per heavy atom. The fourth-order valence-electron chi connectivity index (χ4n) is 16.2. The third kappa shape index (κ3) is 14.2. The highest BCUT2D eigenvalue weighted by molar-refractivity contribution is 5.88. The highest BCUT2D eigenvalue weighted by Crippen LogP contribution is 2.55. The van der Waals surface area contributed by atoms with E-state index < -0.39 is 103 Å². The van der Waals surface area contributed by atoms with E-state index in [4.69, 9.17) is 76.6 Å². The average molecular weight is 1660 g/mol. The fourth-order valence-corrected chi connectivity index (χ4v) is 16.2. The monoisotopic (exact) mass is 1660 g/mol. The number of oxazole rings is 4. The smallest absolute Gasteiger partial charge is 0.228 e. The molecule has 14 aromatic heterocycles. The van der Waals surface area contributed by atoms with Gasteiger partial charge in [-0.05, 0) is 43.2 Å². The quantitative estimate of drug-likeness (QED) is 0.0362. The minimum atomic E-state index is -1.70. The van der Waals surface area contributed by atoms with Crippen molar-refractivity contribution >= 4 is 62.4 Å². The highest BCUT2D eigenvalue weighted by Gasteiger charge is 2.56. The zero-order valence-electron chi connectivity index (χ0n) is 66.0. The molecule has 0 unspecified atom stereocenters. The maximum atomic E-state index is 15.4. The molecule has 0 amide bonds. The Morgan fingerprint density at radius 1 is 0.392 bits per heavy atom. The summed E-state index contributed by atoms with van der Waals surface area (Å²) in [7, 11) is 0. The van der Waals surface area contributed by atoms with Crippen molar-refractivity contribution < 1.29 is 84.4 Å². The number of aliphatic hydroxyl groups is 5. The molecule has 0 saturated carbocycles. The Kier molecular flexibility index (Phi) is 22.6. The Labute approximate surface area is 678 Å². The molecule has 39 nitrogen and oxygen atoms in total. The number of rotatable bonds is 14. The van der Waals surface area contributed by atoms with E-state index in [0.29, 0.717) is 96.4 Å². The van der Waals surface area contributed by atoms with E-state index in [-0.39, 0.29) is 78.9 Å². The van der Waals surface area contributed by atoms with Gasteiger partial charge in [-0.3, -0.25) is 0 Å². The second-order valence-corrected chi connectivity index (χ2v) is 31.0. The number of nitrogens with two attached hydrogens (primary N) is 5. The van der Waals surface area contributed by atoms with Gasteiger partial charge in [0.1, 0.15) is 151 Å². The number of fused-ring (bicyclic) bond motifs is 5. The van der Waals surface area contributed by atoms with Gasteiger partial charge in [-0.25, -0.2) is 89.8 Å². The summed E-state index contributed by atoms with van der Waals surface area (Å²) in [4.78, 5) is 40.0. The molecule has 5 aliphatic heterocycles. The van der Waals surface area contributed by atoms with Gasteiger partial charge in [-0.2, -0.15) is 25.5 Å². The number of aromatic nitrogens is 19. The molecule has 5 saturated heterocycles. The van der Waals surface area contributed by atoms with Gasteiger partial charge >= 0.3 is 0 Å². The number of nitrogens with zero attached hydrogens (tertiary/aromatic N) is 20. The lowest BCUT2D eigenvalue weighted by Gasteiger charge is -2.28. The van der Waals surface area contributed by atoms with Gasteiger partial charge in [-0.1, -0.05) is 55.4 Å². The predicted octanol–water partition coefficient (Wildman–Crippen LogP) is 8.23. The molecular weight excluding hydrogens is 1570 g/mol. The SMILES string of the molecule is CC1(C)[C@H](F)[C@@H](CO)O[C@H]1c1cc(-c2ncco2)c2c(N)ncnn12.C[C@@H]1[C@@H](CO)O[C@@H](c2cc(-c3ncco3)c3c(N)ncnn23)C1(C)C.C[C@@H]1[C@@H](CO)O[C@@H](c2cc(-c3ncco3)c3c(N)ncnn23)[C@]1(C)F.C[C@H]1[C@@H](F)[C@H](c2cc(-c3ncco3)c3c(N)ncnn23)O[C@@H]1CO.[C-]#[N+]c1cc([C@@H]2O[C@H](CO)[C@@H](C)[C@H]2F)n2ncnc(N)c12. The summed E-state index contributed by atoms with van der Waals surface area (Å²) in [6.45, 7) is 22.5. The molecule has 0 aromatic carbocycles. The molecule has 15 N–H and O–H groups in total. The van der Waals surface area contributed by atoms with E-state index in [2.05, 4.69) is 96.0 Å². The summed E-state index contributed by atoms with van der Waals surface area (Å²) in [5.41, 5.74) is 35.0. The first-order valence-electron chi connectivity index (χ1n) is 38.0. The van der Waals surface area contributed by atoms with Crippen LogP contribution in [-0.2, 0) is 23.7 Å². The van der Waals surface area contributed by atoms with Crippen LogP contribution in [0.4, 0.5) is 52.3 Å². The summed E-state index contributed by atoms with van der Waals surface area (Å²) in [5, 5.41) is 68.2. The number of hydrogen-bond acceptors (Lipinski definition) is 33. The van der Waals surface area contributed by atoms with Gasteiger partial charge in [0.15, 0.2) is 23.3 Å². The van der Waals surface area contributed by atoms with Crippen LogP contribution in [0, 0.1) is 41.1 Å². The second-order valence-electron chi connectivity index (χ2n) is 31.0. The van der Waals surface area contributed by atoms with Crippen LogP contribution in [0.1, 0.15) is 121 Å². The van der Waals surface area contributed by atoms with Crippen molar-refractivity contribution in [3.8, 4) is 45.8 Å². The zero-order chi connectivity index (χ0) is 85.3. The first kappa shape index (κ1) is 82.8. The molecular formula is C77H87F4N25O14. The number of hydrogen-bond donors (Lipinski definition) is 10. The summed E-state index contributed by atoms with van der Waals surface area (Å²) < 4.78 is 118. The number of aliphatic hydroxyl groups excluding tert-OH is 5. The molecule has 0 spiro atoms. The molecule has 120 heavy (non-hydrogen) atoms. The number of nitrogen functional groups attached to an aromatic ring is 5. The normalized spacial score (nSPS) is 27.3. The predicted molar refractivity (Wildman–Crippen MR) is 417 cm³/mol. The Hall–Kier alpha value is -12.2. The minimum absolute atomic E-state index is 0.0197. The molecule has 19 rings (SSSR count). The van der Waals surface area contributed by atoms with Gasteiger partial charge in [0.05, 0.1) is 140 Å². The van der Waals surface area contributed by atoms with Crippen molar-refractivity contribution in [2.24, 2.45) is 34.5 Å². The van der Waals surface area contributed by atoms with Crippen molar-refractivity contribution in [1.29, 1.82) is 0 Å². The summed E-state index contributed by atoms with van der Waals surface area (Å²) in [6.07, 6.45) is 8.17. The molecule has 14 aromatic rings. The lowest BCUT2D eigenvalue weighted by molar-refractivity contribution is -0.0200. The number of alkyl halides is 4. The fraction of sp³-hybridized carbons (Fsp3) is 0.442. The maximum Gasteiger partial charge on any atom is 0.228 e. The average Bonchev–Trinajstić information content (AvgIpc) is 1.57. The second kappa shape index (κ2) is 32.8. The Morgan fingerprint density at radius 3 is 1.01 bits per heavy atom. The number of ether oxygens (including phenoxy) is 5. The largest absolute Gasteiger partial charge is 0.444 e. The van der Waals surface area contributed by atoms with Crippen LogP contribution in [0.25, 0.3) is 78.2 Å². The van der Waals surface area contributed by atoms with E-state index >= 15 is 4.39 Å². The van der Waals surface area contributed by atoms with Crippen LogP contribution in [0.15, 0.2) is 129 Å². The van der Waals surface area contributed by atoms with Crippen molar-refractivity contribution in [1.82, 2.24) is 92.9 Å². The highest BCUT2D eigenvalue weighted by atomic mass is 19.2. The standard InChI is InChI=1S/C17H21N5O3.2C16H18FN5O3.C15H16FN5O3.C13H14FN5O2/c1-9-12(7-23)25-14(17(9,2)3)11-6-10(16-19-4-5-24-16)13-15(18)20-8-21-22(11)13;1-16(2)12(17)10(6-23)25-13(16)9-5-8(15-19-3-4-24-15)11-14(18)20-7-21-22(9)11;1-8-11(6-23)25-13(16(8,2)17)10-5-9(15-19-3-4-24-15)12-14(18)20-7-21-22(10)12;1-7-10(5-22)24-13(11(7)16)9-4-8(15-18-2-3-23-15)12-14(17)19-6-20-21(9)12;1-6-9(4-20)21-12(10(6)14)8-3-7(16-2)11-13(15)17-5-18-19(8)11/h4-6,8-9,12,14,23H,7H2,1-3H3,(H2,18,20,21);3-5,7,10,12-13,23H,6H2,1-2H3,(H2,18,20,21);3-5,7-8,11,13,23H,6H2,1-2H3,(H2,18,20,21);2-4,6-7,10-11,13,22H,5H2,1H3,(H2,17,19,20);3,5-6,9-10,12,20H,4H2,1H3,(H2,15,17,18)/t9-,12-,14+;10-,12-,13+;8-,11-,13+,16-;7-,10-,11-,13+;6-,9-,10-,12+/m11111/s1. The van der Waals surface area contributed by atoms with Crippen LogP contribution in [0.3, 0.4) is 0 Å². The van der Waals surface area contributed by atoms with E-state index in [1.165, 1.54) is 102 Å². The van der Waals surface area contributed by atoms with Crippen LogP contribution in [0.5, 0.6) is 0 Å². The van der Waals surface area contributed by atoms with Crippen molar-refractivity contribution in [3.63, 3.8) is 0 Å². The van der Waals surface area contributed by atoms with Crippen molar-refractivity contribution in [2.75, 3.05) is 61.7 Å². The summed E-state index contributed by atoms with van der Waals surface area (Å²) >= 11 is 0. The Balaban J connectivity index is 0.000000117. The lowest BCUT2D eigenvalue weighted by atomic mass is 9.75. The molecule has 0 radical (unpaired) electrons. The minimum Gasteiger partial charge on any atom is -0.444 e. The van der Waals surface area contributed by atoms with E-state index in [1.807, 2.05) is 6.07 Å². The van der Waals surface area contributed by atoms with Gasteiger partial charge in [-0.15, -0.1) is 0 Å². The van der Waals surface area contributed by atoms with E-state index in [9.17, 15) is 38.7 Å². The van der Waals surface area contributed by atoms with Crippen molar-refractivity contribution in [3.05, 3.63) is 152 Å². The van der Waals surface area contributed by atoms with Crippen LogP contribution < -0.4 is 28.7 Å². The van der Waals surface area contributed by atoms with Gasteiger partial charge < -0.3 is 95.6 Å². The van der Waals surface area contributed by atoms with Crippen LogP contribution in [0.2, 0.25) is 0 Å². The first-order valence-corrected chi connectivity index (χ1v) is 38.0. The molecule has 0 aliphatic carbocycles. The Bertz CT molecular complexity index is 5620. The van der Waals surface area contributed by atoms with E-state index in [1.54, 1.807) is 68.0 Å². The van der Waals surface area contributed by atoms with Crippen LogP contribution >= 0.6 is 0 Å². The third-order valence-electron chi connectivity index (χ3n) is 23.5. The third-order valence-corrected chi connectivity index (χ3v) is 23.5. The number of halogens is 4. The first-order chi connectivity index (χ1) is 57.5. The number of anilines is 5. The molecule has 43 heteroatoms. The molecule has 19 heterocycles. The summed E-state index contributed by atoms with van der Waals surface area (Å²) in [5.74, 6) is 1.48. The topological polar surface area (TPSA) is 537 Å². The molecule has 632 valence electrons. The van der Waals surface area contributed by atoms with Gasteiger partial charge in [0.25, 0.3) is 0 Å². The van der Waals surface area contributed by atoms with E-state index in [0.717, 1.165) is 11.3 Å². The van der Waals surface area contributed by atoms with Gasteiger partial charge in [0, 0.05) is 28.6 Å². The maximum absolute atomic E-state index is 15.4. The van der Waals surface area contributed by atoms with Crippen molar-refractivity contribution in [2.45, 2.75) is 148 Å². The molecule has 5 aliphatic rings. The lowest BCUT2D eigenvalue weighted by Crippen LogP contribution is -2.32. The molecule has 18 atom stereocenters. The molecule has 5 fully saturated rings. The van der Waals surface area contributed by atoms with Gasteiger partial charge in [0.2, 0.25) is 29.3 Å². The summed E-state index contributed by atoms with van der Waals surface area (Å²) in [6, 6.07) is 8.60. The molecule has 0 bridgehead atoms.